The van der Waals surface area contributed by atoms with E-state index in [2.05, 4.69) is 5.32 Å². The van der Waals surface area contributed by atoms with Crippen molar-refractivity contribution in [2.45, 2.75) is 32.8 Å². The van der Waals surface area contributed by atoms with E-state index in [9.17, 15) is 9.90 Å². The maximum atomic E-state index is 11.1. The van der Waals surface area contributed by atoms with E-state index in [1.165, 1.54) is 6.92 Å². The van der Waals surface area contributed by atoms with Gasteiger partial charge in [-0.1, -0.05) is 13.8 Å². The molecule has 0 spiro atoms. The summed E-state index contributed by atoms with van der Waals surface area (Å²) in [5.41, 5.74) is -1.22. The van der Waals surface area contributed by atoms with Gasteiger partial charge in [-0.25, -0.2) is 0 Å². The zero-order valence-corrected chi connectivity index (χ0v) is 8.50. The maximum Gasteiger partial charge on any atom is 0.220 e. The van der Waals surface area contributed by atoms with Crippen molar-refractivity contribution in [3.05, 3.63) is 0 Å². The Kier molecular flexibility index (Phi) is 4.95. The van der Waals surface area contributed by atoms with E-state index in [0.29, 0.717) is 12.3 Å². The van der Waals surface area contributed by atoms with Crippen LogP contribution < -0.4 is 5.32 Å². The van der Waals surface area contributed by atoms with Crippen molar-refractivity contribution in [3.8, 4) is 0 Å². The SMILES string of the molecule is CC(C)CC(=O)NCC(C)(O)CO. The maximum absolute atomic E-state index is 11.1. The Morgan fingerprint density at radius 3 is 2.46 bits per heavy atom. The summed E-state index contributed by atoms with van der Waals surface area (Å²) in [5, 5.41) is 20.6. The van der Waals surface area contributed by atoms with Crippen LogP contribution in [0.4, 0.5) is 0 Å². The Morgan fingerprint density at radius 1 is 1.54 bits per heavy atom. The fourth-order valence-electron chi connectivity index (χ4n) is 0.788. The number of hydrogen-bond donors (Lipinski definition) is 3. The third kappa shape index (κ3) is 6.54. The van der Waals surface area contributed by atoms with Gasteiger partial charge in [-0.2, -0.15) is 0 Å². The van der Waals surface area contributed by atoms with Gasteiger partial charge in [0.05, 0.1) is 6.61 Å². The first-order chi connectivity index (χ1) is 5.87. The Hall–Kier alpha value is -0.610. The summed E-state index contributed by atoms with van der Waals surface area (Å²) < 4.78 is 0. The quantitative estimate of drug-likeness (QED) is 0.565. The van der Waals surface area contributed by atoms with Crippen LogP contribution >= 0.6 is 0 Å². The van der Waals surface area contributed by atoms with Gasteiger partial charge in [-0.15, -0.1) is 0 Å². The van der Waals surface area contributed by atoms with E-state index in [1.54, 1.807) is 0 Å². The number of aliphatic hydroxyl groups is 2. The highest BCUT2D eigenvalue weighted by Crippen LogP contribution is 2.01. The van der Waals surface area contributed by atoms with Gasteiger partial charge in [0.1, 0.15) is 5.60 Å². The second-order valence-electron chi connectivity index (χ2n) is 4.03. The standard InChI is InChI=1S/C9H19NO3/c1-7(2)4-8(12)10-5-9(3,13)6-11/h7,11,13H,4-6H2,1-3H3,(H,10,12). The molecule has 0 aromatic heterocycles. The number of carbonyl (C=O) groups excluding carboxylic acids is 1. The molecule has 1 unspecified atom stereocenters. The minimum absolute atomic E-state index is 0.0923. The van der Waals surface area contributed by atoms with Crippen molar-refractivity contribution in [2.75, 3.05) is 13.2 Å². The molecule has 0 radical (unpaired) electrons. The molecule has 0 saturated carbocycles. The van der Waals surface area contributed by atoms with Gasteiger partial charge in [0.2, 0.25) is 5.91 Å². The molecule has 0 aliphatic carbocycles. The minimum atomic E-state index is -1.22. The van der Waals surface area contributed by atoms with Gasteiger partial charge in [0.25, 0.3) is 0 Å². The molecule has 0 saturated heterocycles. The van der Waals surface area contributed by atoms with Crippen LogP contribution in [0.2, 0.25) is 0 Å². The molecule has 78 valence electrons. The summed E-state index contributed by atoms with van der Waals surface area (Å²) in [6, 6.07) is 0. The molecule has 0 aromatic carbocycles. The molecule has 3 N–H and O–H groups in total. The lowest BCUT2D eigenvalue weighted by atomic mass is 10.1. The summed E-state index contributed by atoms with van der Waals surface area (Å²) in [4.78, 5) is 11.1. The molecule has 13 heavy (non-hydrogen) atoms. The highest BCUT2D eigenvalue weighted by atomic mass is 16.3. The van der Waals surface area contributed by atoms with Crippen molar-refractivity contribution in [1.82, 2.24) is 5.32 Å². The first-order valence-corrected chi connectivity index (χ1v) is 4.47. The molecular weight excluding hydrogens is 170 g/mol. The van der Waals surface area contributed by atoms with Crippen LogP contribution in [0.1, 0.15) is 27.2 Å². The predicted octanol–water partition coefficient (Wildman–Crippen LogP) is -0.108. The summed E-state index contributed by atoms with van der Waals surface area (Å²) >= 11 is 0. The highest BCUT2D eigenvalue weighted by molar-refractivity contribution is 5.76. The van der Waals surface area contributed by atoms with Crippen molar-refractivity contribution in [1.29, 1.82) is 0 Å². The number of amides is 1. The number of hydrogen-bond acceptors (Lipinski definition) is 3. The van der Waals surface area contributed by atoms with Gasteiger partial charge in [0, 0.05) is 13.0 Å². The van der Waals surface area contributed by atoms with E-state index in [1.807, 2.05) is 13.8 Å². The van der Waals surface area contributed by atoms with E-state index < -0.39 is 5.60 Å². The van der Waals surface area contributed by atoms with Crippen LogP contribution in [0.15, 0.2) is 0 Å². The molecule has 0 fully saturated rings. The van der Waals surface area contributed by atoms with E-state index in [-0.39, 0.29) is 19.1 Å². The molecule has 4 heteroatoms. The third-order valence-corrected chi connectivity index (χ3v) is 1.60. The number of aliphatic hydroxyl groups excluding tert-OH is 1. The summed E-state index contributed by atoms with van der Waals surface area (Å²) in [5.74, 6) is 0.211. The molecule has 1 atom stereocenters. The summed E-state index contributed by atoms with van der Waals surface area (Å²) in [6.07, 6.45) is 0.446. The monoisotopic (exact) mass is 189 g/mol. The van der Waals surface area contributed by atoms with Crippen molar-refractivity contribution in [3.63, 3.8) is 0 Å². The number of rotatable bonds is 5. The summed E-state index contributed by atoms with van der Waals surface area (Å²) in [7, 11) is 0. The van der Waals surface area contributed by atoms with Gasteiger partial charge < -0.3 is 15.5 Å². The lowest BCUT2D eigenvalue weighted by Crippen LogP contribution is -2.43. The highest BCUT2D eigenvalue weighted by Gasteiger charge is 2.19. The largest absolute Gasteiger partial charge is 0.393 e. The second-order valence-corrected chi connectivity index (χ2v) is 4.03. The van der Waals surface area contributed by atoms with Crippen molar-refractivity contribution in [2.24, 2.45) is 5.92 Å². The Labute approximate surface area is 79.0 Å². The lowest BCUT2D eigenvalue weighted by Gasteiger charge is -2.20. The fourth-order valence-corrected chi connectivity index (χ4v) is 0.788. The first-order valence-electron chi connectivity index (χ1n) is 4.47. The molecule has 1 amide bonds. The normalized spacial score (nSPS) is 15.5. The van der Waals surface area contributed by atoms with E-state index >= 15 is 0 Å². The smallest absolute Gasteiger partial charge is 0.220 e. The summed E-state index contributed by atoms with van der Waals surface area (Å²) in [6.45, 7) is 5.11. The fraction of sp³-hybridized carbons (Fsp3) is 0.889. The van der Waals surface area contributed by atoms with E-state index in [0.717, 1.165) is 0 Å². The molecule has 0 bridgehead atoms. The van der Waals surface area contributed by atoms with Crippen molar-refractivity contribution >= 4 is 5.91 Å². The van der Waals surface area contributed by atoms with Crippen molar-refractivity contribution < 1.29 is 15.0 Å². The van der Waals surface area contributed by atoms with Crippen LogP contribution in [0.5, 0.6) is 0 Å². The zero-order valence-electron chi connectivity index (χ0n) is 8.50. The zero-order chi connectivity index (χ0) is 10.5. The molecule has 0 aliphatic rings. The molecule has 0 heterocycles. The Balaban J connectivity index is 3.70. The lowest BCUT2D eigenvalue weighted by molar-refractivity contribution is -0.123. The topological polar surface area (TPSA) is 69.6 Å². The van der Waals surface area contributed by atoms with Gasteiger partial charge in [-0.05, 0) is 12.8 Å². The Bertz CT molecular complexity index is 166. The number of nitrogens with one attached hydrogen (secondary N) is 1. The molecular formula is C9H19NO3. The van der Waals surface area contributed by atoms with Crippen LogP contribution in [0.3, 0.4) is 0 Å². The number of carbonyl (C=O) groups is 1. The average Bonchev–Trinajstić information content (AvgIpc) is 2.00. The molecule has 0 rings (SSSR count). The Morgan fingerprint density at radius 2 is 2.08 bits per heavy atom. The van der Waals surface area contributed by atoms with Crippen LogP contribution in [0, 0.1) is 5.92 Å². The van der Waals surface area contributed by atoms with Crippen LogP contribution in [-0.4, -0.2) is 34.9 Å². The molecule has 0 aromatic rings. The third-order valence-electron chi connectivity index (χ3n) is 1.60. The minimum Gasteiger partial charge on any atom is -0.393 e. The van der Waals surface area contributed by atoms with Gasteiger partial charge >= 0.3 is 0 Å². The van der Waals surface area contributed by atoms with Crippen LogP contribution in [-0.2, 0) is 4.79 Å². The second kappa shape index (κ2) is 5.19. The van der Waals surface area contributed by atoms with Gasteiger partial charge in [0.15, 0.2) is 0 Å². The van der Waals surface area contributed by atoms with Gasteiger partial charge in [-0.3, -0.25) is 4.79 Å². The predicted molar refractivity (Wildman–Crippen MR) is 50.2 cm³/mol. The van der Waals surface area contributed by atoms with Crippen LogP contribution in [0.25, 0.3) is 0 Å². The first kappa shape index (κ1) is 12.4. The average molecular weight is 189 g/mol. The molecule has 4 nitrogen and oxygen atoms in total. The molecule has 0 aliphatic heterocycles. The van der Waals surface area contributed by atoms with E-state index in [4.69, 9.17) is 5.11 Å².